The zero-order chi connectivity index (χ0) is 16.5. The average molecular weight is 322 g/mol. The molecule has 0 saturated carbocycles. The number of aliphatic hydroxyl groups excluding tert-OH is 1. The van der Waals surface area contributed by atoms with Crippen LogP contribution in [-0.2, 0) is 4.79 Å². The van der Waals surface area contributed by atoms with Gasteiger partial charge in [0.1, 0.15) is 0 Å². The number of aromatic hydroxyl groups is 2. The van der Waals surface area contributed by atoms with Gasteiger partial charge in [0.25, 0.3) is 5.91 Å². The van der Waals surface area contributed by atoms with Crippen molar-refractivity contribution in [3.63, 3.8) is 0 Å². The Balaban J connectivity index is 2.73. The molecule has 0 aliphatic carbocycles. The lowest BCUT2D eigenvalue weighted by Gasteiger charge is -2.04. The summed E-state index contributed by atoms with van der Waals surface area (Å²) in [6.07, 6.45) is 6.11. The molecule has 22 heavy (non-hydrogen) atoms. The van der Waals surface area contributed by atoms with Crippen molar-refractivity contribution < 1.29 is 20.1 Å². The van der Waals surface area contributed by atoms with Gasteiger partial charge in [-0.1, -0.05) is 6.07 Å². The van der Waals surface area contributed by atoms with Crippen molar-refractivity contribution in [1.82, 2.24) is 5.32 Å². The second-order valence-electron chi connectivity index (χ2n) is 4.27. The Kier molecular flexibility index (Phi) is 7.04. The molecule has 0 radical (unpaired) electrons. The van der Waals surface area contributed by atoms with E-state index in [0.717, 1.165) is 0 Å². The van der Waals surface area contributed by atoms with Crippen molar-refractivity contribution in [3.8, 4) is 11.5 Å². The molecule has 1 aromatic rings. The minimum atomic E-state index is -0.339. The van der Waals surface area contributed by atoms with E-state index in [4.69, 9.17) is 5.11 Å². The maximum Gasteiger partial charge on any atom is 0.262 e. The summed E-state index contributed by atoms with van der Waals surface area (Å²) in [5.74, 6) is -0.636. The Labute approximate surface area is 132 Å². The highest BCUT2D eigenvalue weighted by atomic mass is 32.2. The Bertz CT molecular complexity index is 620. The second-order valence-corrected chi connectivity index (χ2v) is 5.12. The van der Waals surface area contributed by atoms with Crippen LogP contribution in [0.4, 0.5) is 0 Å². The molecule has 0 bridgehead atoms. The minimum absolute atomic E-state index is 0.167. The number of aliphatic imine (C=N–C) groups is 1. The molecule has 0 aromatic heterocycles. The number of thioether (sulfide) groups is 1. The van der Waals surface area contributed by atoms with Crippen molar-refractivity contribution in [2.45, 2.75) is 6.92 Å². The van der Waals surface area contributed by atoms with E-state index in [-0.39, 0.29) is 29.7 Å². The molecule has 0 saturated heterocycles. The predicted octanol–water partition coefficient (Wildman–Crippen LogP) is 2.41. The maximum atomic E-state index is 12.0. The predicted molar refractivity (Wildman–Crippen MR) is 89.2 cm³/mol. The lowest BCUT2D eigenvalue weighted by atomic mass is 10.2. The summed E-state index contributed by atoms with van der Waals surface area (Å²) >= 11 is 1.24. The highest BCUT2D eigenvalue weighted by molar-refractivity contribution is 8.03. The van der Waals surface area contributed by atoms with E-state index in [1.54, 1.807) is 18.4 Å². The molecular weight excluding hydrogens is 304 g/mol. The third-order valence-corrected chi connectivity index (χ3v) is 3.26. The van der Waals surface area contributed by atoms with Crippen molar-refractivity contribution in [2.75, 3.05) is 12.8 Å². The fraction of sp³-hybridized carbons (Fsp3) is 0.200. The fourth-order valence-electron chi connectivity index (χ4n) is 1.41. The third kappa shape index (κ3) is 5.92. The summed E-state index contributed by atoms with van der Waals surface area (Å²) in [6, 6.07) is 4.30. The Morgan fingerprint density at radius 2 is 2.09 bits per heavy atom. The normalized spacial score (nSPS) is 12.6. The van der Waals surface area contributed by atoms with E-state index in [9.17, 15) is 15.0 Å². The number of phenols is 2. The Hall–Kier alpha value is -2.41. The molecule has 0 aliphatic rings. The molecule has 118 valence electrons. The van der Waals surface area contributed by atoms with Gasteiger partial charge in [0, 0.05) is 0 Å². The number of rotatable bonds is 6. The van der Waals surface area contributed by atoms with Crippen molar-refractivity contribution >= 4 is 30.1 Å². The van der Waals surface area contributed by atoms with Crippen LogP contribution in [0.5, 0.6) is 11.5 Å². The number of hydrogen-bond acceptors (Lipinski definition) is 6. The summed E-state index contributed by atoms with van der Waals surface area (Å²) in [4.78, 5) is 16.3. The van der Waals surface area contributed by atoms with Crippen LogP contribution in [0.15, 0.2) is 39.9 Å². The average Bonchev–Trinajstić information content (AvgIpc) is 2.47. The van der Waals surface area contributed by atoms with Gasteiger partial charge in [0.05, 0.1) is 23.5 Å². The molecule has 6 nitrogen and oxygen atoms in total. The highest BCUT2D eigenvalue weighted by Crippen LogP contribution is 2.27. The van der Waals surface area contributed by atoms with Gasteiger partial charge in [-0.2, -0.15) is 0 Å². The number of allylic oxidation sites excluding steroid dienone is 1. The molecule has 1 rings (SSSR count). The van der Waals surface area contributed by atoms with Gasteiger partial charge in [0.15, 0.2) is 11.5 Å². The number of phenolic OH excluding ortho intramolecular Hbond substituents is 2. The highest BCUT2D eigenvalue weighted by Gasteiger charge is 2.07. The van der Waals surface area contributed by atoms with Gasteiger partial charge in [-0.05, 0) is 43.0 Å². The van der Waals surface area contributed by atoms with E-state index >= 15 is 0 Å². The monoisotopic (exact) mass is 322 g/mol. The van der Waals surface area contributed by atoms with Crippen molar-refractivity contribution in [1.29, 1.82) is 0 Å². The van der Waals surface area contributed by atoms with Crippen LogP contribution in [0.2, 0.25) is 0 Å². The number of aliphatic hydroxyl groups is 1. The third-order valence-electron chi connectivity index (χ3n) is 2.52. The van der Waals surface area contributed by atoms with Crippen LogP contribution in [0.25, 0.3) is 6.08 Å². The number of carbonyl (C=O) groups excluding carboxylic acids is 1. The first-order chi connectivity index (χ1) is 10.4. The molecule has 0 atom stereocenters. The summed E-state index contributed by atoms with van der Waals surface area (Å²) in [5.41, 5.74) is 0.588. The van der Waals surface area contributed by atoms with Gasteiger partial charge < -0.3 is 20.6 Å². The first-order valence-corrected chi connectivity index (χ1v) is 7.59. The van der Waals surface area contributed by atoms with Crippen molar-refractivity contribution in [2.24, 2.45) is 4.99 Å². The number of amides is 1. The van der Waals surface area contributed by atoms with E-state index in [0.29, 0.717) is 10.5 Å². The Morgan fingerprint density at radius 1 is 1.36 bits per heavy atom. The second kappa shape index (κ2) is 8.78. The molecule has 7 heteroatoms. The summed E-state index contributed by atoms with van der Waals surface area (Å²) in [5, 5.41) is 30.1. The van der Waals surface area contributed by atoms with Crippen LogP contribution in [-0.4, -0.2) is 40.4 Å². The molecule has 1 amide bonds. The number of benzene rings is 1. The van der Waals surface area contributed by atoms with Crippen LogP contribution in [0, 0.1) is 0 Å². The lowest BCUT2D eigenvalue weighted by Crippen LogP contribution is -2.22. The molecular formula is C15H18N2O4S. The quantitative estimate of drug-likeness (QED) is 0.212. The van der Waals surface area contributed by atoms with Gasteiger partial charge in [0.2, 0.25) is 0 Å². The minimum Gasteiger partial charge on any atom is -0.513 e. The van der Waals surface area contributed by atoms with Crippen molar-refractivity contribution in [3.05, 3.63) is 40.5 Å². The molecule has 0 aliphatic heterocycles. The van der Waals surface area contributed by atoms with Crippen LogP contribution in [0.1, 0.15) is 12.5 Å². The number of hydrogen-bond donors (Lipinski definition) is 4. The number of carbonyl (C=O) groups is 1. The molecule has 4 N–H and O–H groups in total. The first-order valence-electron chi connectivity index (χ1n) is 6.36. The lowest BCUT2D eigenvalue weighted by molar-refractivity contribution is -0.115. The first kappa shape index (κ1) is 17.6. The molecule has 0 spiro atoms. The zero-order valence-electron chi connectivity index (χ0n) is 12.3. The summed E-state index contributed by atoms with van der Waals surface area (Å²) in [7, 11) is 0. The largest absolute Gasteiger partial charge is 0.513 e. The van der Waals surface area contributed by atoms with Gasteiger partial charge in [-0.15, -0.1) is 11.8 Å². The van der Waals surface area contributed by atoms with E-state index in [2.05, 4.69) is 10.3 Å². The van der Waals surface area contributed by atoms with Crippen LogP contribution < -0.4 is 5.32 Å². The van der Waals surface area contributed by atoms with E-state index in [1.165, 1.54) is 43.2 Å². The standard InChI is InChI=1S/C15H18N2O4S/c1-10(18)5-6-16-9-17-15(21)14(22-2)8-11-3-4-12(19)13(20)7-11/h3-5,7-9,18-20H,6H2,1-2H3,(H,16,17,21)/b10-5+,14-8-. The molecule has 1 aromatic carbocycles. The van der Waals surface area contributed by atoms with E-state index in [1.807, 2.05) is 0 Å². The van der Waals surface area contributed by atoms with Gasteiger partial charge in [-0.3, -0.25) is 9.79 Å². The Morgan fingerprint density at radius 3 is 2.68 bits per heavy atom. The van der Waals surface area contributed by atoms with Gasteiger partial charge in [-0.25, -0.2) is 0 Å². The smallest absolute Gasteiger partial charge is 0.262 e. The van der Waals surface area contributed by atoms with Gasteiger partial charge >= 0.3 is 0 Å². The number of nitrogens with one attached hydrogen (secondary N) is 1. The molecule has 0 heterocycles. The van der Waals surface area contributed by atoms with E-state index < -0.39 is 0 Å². The summed E-state index contributed by atoms with van der Waals surface area (Å²) in [6.45, 7) is 1.81. The summed E-state index contributed by atoms with van der Waals surface area (Å²) < 4.78 is 0. The van der Waals surface area contributed by atoms with Crippen LogP contribution in [0.3, 0.4) is 0 Å². The molecule has 0 unspecified atom stereocenters. The topological polar surface area (TPSA) is 102 Å². The van der Waals surface area contributed by atoms with Crippen LogP contribution >= 0.6 is 11.8 Å². The fourth-order valence-corrected chi connectivity index (χ4v) is 1.91. The molecule has 0 fully saturated rings. The zero-order valence-corrected chi connectivity index (χ0v) is 13.1. The number of nitrogens with zero attached hydrogens (tertiary/aromatic N) is 1. The SMILES string of the molecule is CS/C(=C\c1ccc(O)c(O)c1)C(=O)NC=NC/C=C(\C)O. The maximum absolute atomic E-state index is 12.0.